The first-order chi connectivity index (χ1) is 13.0. The molecule has 0 aliphatic heterocycles. The van der Waals surface area contributed by atoms with Gasteiger partial charge in [-0.2, -0.15) is 0 Å². The van der Waals surface area contributed by atoms with Gasteiger partial charge in [0.25, 0.3) is 0 Å². The molecule has 6 unspecified atom stereocenters. The summed E-state index contributed by atoms with van der Waals surface area (Å²) in [6.07, 6.45) is 3.76. The molecule has 8 heteroatoms. The minimum atomic E-state index is 0.239. The Morgan fingerprint density at radius 1 is 1.04 bits per heavy atom. The lowest BCUT2D eigenvalue weighted by atomic mass is 9.77. The van der Waals surface area contributed by atoms with Crippen molar-refractivity contribution in [1.82, 2.24) is 0 Å². The van der Waals surface area contributed by atoms with Crippen LogP contribution in [0.25, 0.3) is 0 Å². The van der Waals surface area contributed by atoms with Crippen molar-refractivity contribution < 1.29 is 0 Å². The zero-order chi connectivity index (χ0) is 21.5. The van der Waals surface area contributed by atoms with Crippen molar-refractivity contribution in [2.24, 2.45) is 5.92 Å². The summed E-state index contributed by atoms with van der Waals surface area (Å²) in [5.41, 5.74) is 2.61. The van der Waals surface area contributed by atoms with E-state index in [1.807, 2.05) is 0 Å². The van der Waals surface area contributed by atoms with Gasteiger partial charge in [-0.3, -0.25) is 0 Å². The van der Waals surface area contributed by atoms with E-state index in [9.17, 15) is 0 Å². The standard InChI is InChI=1S/C10H16Br4.C10H10Br4/c1-9(13)4-3-7(5-8(9)12)10(2,14)6-11;11-5-9(13)7-1-2-8(4-3-7)10(14)6-12/h7-8H,3-6H2,1-2H3;1-4,9-10H,5-6H2. The van der Waals surface area contributed by atoms with Gasteiger partial charge in [0.15, 0.2) is 0 Å². The maximum atomic E-state index is 3.82. The van der Waals surface area contributed by atoms with Gasteiger partial charge in [-0.05, 0) is 50.2 Å². The predicted molar refractivity (Wildman–Crippen MR) is 156 cm³/mol. The largest absolute Gasteiger partial charge is 0.0913 e. The van der Waals surface area contributed by atoms with E-state index < -0.39 is 0 Å². The highest BCUT2D eigenvalue weighted by atomic mass is 79.9. The molecule has 1 aliphatic rings. The molecule has 1 saturated carbocycles. The second-order valence-corrected chi connectivity index (χ2v) is 16.3. The van der Waals surface area contributed by atoms with Crippen LogP contribution >= 0.6 is 127 Å². The first kappa shape index (κ1) is 29.1. The van der Waals surface area contributed by atoms with Gasteiger partial charge in [-0.1, -0.05) is 152 Å². The van der Waals surface area contributed by atoms with Crippen molar-refractivity contribution in [3.63, 3.8) is 0 Å². The Bertz CT molecular complexity index is 543. The van der Waals surface area contributed by atoms with Crippen molar-refractivity contribution in [1.29, 1.82) is 0 Å². The SMILES string of the molecule is BrCC(Br)c1ccc(C(Br)CBr)cc1.CC1(Br)CCC(C(C)(Br)CBr)CC1Br. The highest BCUT2D eigenvalue weighted by molar-refractivity contribution is 9.13. The van der Waals surface area contributed by atoms with Gasteiger partial charge in [-0.15, -0.1) is 0 Å². The third-order valence-corrected chi connectivity index (χ3v) is 15.7. The summed E-state index contributed by atoms with van der Waals surface area (Å²) in [5, 5.41) is 2.88. The summed E-state index contributed by atoms with van der Waals surface area (Å²) in [4.78, 5) is 1.37. The van der Waals surface area contributed by atoms with E-state index in [2.05, 4.69) is 166 Å². The molecule has 0 radical (unpaired) electrons. The lowest BCUT2D eigenvalue weighted by Crippen LogP contribution is -2.42. The van der Waals surface area contributed by atoms with Crippen molar-refractivity contribution in [2.75, 3.05) is 16.0 Å². The number of hydrogen-bond donors (Lipinski definition) is 0. The highest BCUT2D eigenvalue weighted by Crippen LogP contribution is 2.48. The molecule has 0 bridgehead atoms. The van der Waals surface area contributed by atoms with Crippen LogP contribution < -0.4 is 0 Å². The third kappa shape index (κ3) is 9.13. The molecule has 1 aromatic carbocycles. The van der Waals surface area contributed by atoms with Crippen LogP contribution in [0.2, 0.25) is 0 Å². The van der Waals surface area contributed by atoms with E-state index in [4.69, 9.17) is 0 Å². The van der Waals surface area contributed by atoms with Crippen LogP contribution in [-0.4, -0.2) is 29.5 Å². The number of hydrogen-bond acceptors (Lipinski definition) is 0. The summed E-state index contributed by atoms with van der Waals surface area (Å²) in [6, 6.07) is 8.64. The lowest BCUT2D eigenvalue weighted by molar-refractivity contribution is 0.292. The average molecular weight is 906 g/mol. The van der Waals surface area contributed by atoms with E-state index in [0.717, 1.165) is 21.9 Å². The summed E-state index contributed by atoms with van der Waals surface area (Å²) in [7, 11) is 0. The van der Waals surface area contributed by atoms with Crippen LogP contribution in [0.4, 0.5) is 0 Å². The second-order valence-electron chi connectivity index (χ2n) is 7.54. The van der Waals surface area contributed by atoms with Gasteiger partial charge in [0, 0.05) is 39.1 Å². The van der Waals surface area contributed by atoms with Gasteiger partial charge in [0.2, 0.25) is 0 Å². The molecule has 162 valence electrons. The molecule has 0 saturated heterocycles. The third-order valence-electron chi connectivity index (χ3n) is 5.17. The Balaban J connectivity index is 0.000000280. The first-order valence-electron chi connectivity index (χ1n) is 9.06. The normalized spacial score (nSPS) is 29.2. The summed E-state index contributed by atoms with van der Waals surface area (Å²) < 4.78 is 0.515. The van der Waals surface area contributed by atoms with Gasteiger partial charge in [0.05, 0.1) is 0 Å². The van der Waals surface area contributed by atoms with Crippen LogP contribution in [-0.2, 0) is 0 Å². The molecule has 0 heterocycles. The minimum absolute atomic E-state index is 0.239. The van der Waals surface area contributed by atoms with E-state index in [1.165, 1.54) is 30.4 Å². The average Bonchev–Trinajstić information content (AvgIpc) is 2.69. The van der Waals surface area contributed by atoms with Crippen molar-refractivity contribution in [3.8, 4) is 0 Å². The van der Waals surface area contributed by atoms with Gasteiger partial charge >= 0.3 is 0 Å². The Morgan fingerprint density at radius 3 is 1.79 bits per heavy atom. The molecule has 1 fully saturated rings. The van der Waals surface area contributed by atoms with Gasteiger partial charge in [0.1, 0.15) is 0 Å². The lowest BCUT2D eigenvalue weighted by Gasteiger charge is -2.42. The predicted octanol–water partition coefficient (Wildman–Crippen LogP) is 10.6. The van der Waals surface area contributed by atoms with Crippen molar-refractivity contribution >= 4 is 127 Å². The highest BCUT2D eigenvalue weighted by Gasteiger charge is 2.42. The molecule has 1 aliphatic carbocycles. The Labute approximate surface area is 237 Å². The topological polar surface area (TPSA) is 0 Å². The fraction of sp³-hybridized carbons (Fsp3) is 0.700. The molecule has 1 aromatic rings. The maximum Gasteiger partial charge on any atom is 0.0492 e. The Kier molecular flexibility index (Phi) is 14.2. The maximum absolute atomic E-state index is 3.82. The van der Waals surface area contributed by atoms with E-state index in [1.54, 1.807) is 0 Å². The van der Waals surface area contributed by atoms with Crippen LogP contribution in [0, 0.1) is 5.92 Å². The molecular formula is C20H26Br8. The zero-order valence-corrected chi connectivity index (χ0v) is 28.6. The Hall–Kier alpha value is 3.06. The monoisotopic (exact) mass is 898 g/mol. The summed E-state index contributed by atoms with van der Waals surface area (Å²) in [5.74, 6) is 0.747. The zero-order valence-electron chi connectivity index (χ0n) is 15.9. The molecule has 28 heavy (non-hydrogen) atoms. The molecule has 0 aromatic heterocycles. The quantitative estimate of drug-likeness (QED) is 0.250. The molecule has 6 atom stereocenters. The first-order valence-corrected chi connectivity index (χ1v) is 16.8. The van der Waals surface area contributed by atoms with E-state index >= 15 is 0 Å². The smallest absolute Gasteiger partial charge is 0.0492 e. The number of benzene rings is 1. The molecular weight excluding hydrogens is 879 g/mol. The molecule has 2 rings (SSSR count). The fourth-order valence-electron chi connectivity index (χ4n) is 2.97. The van der Waals surface area contributed by atoms with E-state index in [-0.39, 0.29) is 8.65 Å². The summed E-state index contributed by atoms with van der Waals surface area (Å²) >= 11 is 29.1. The van der Waals surface area contributed by atoms with Crippen LogP contribution in [0.5, 0.6) is 0 Å². The molecule has 0 N–H and O–H groups in total. The van der Waals surface area contributed by atoms with Crippen LogP contribution in [0.15, 0.2) is 24.3 Å². The number of rotatable bonds is 6. The van der Waals surface area contributed by atoms with Crippen molar-refractivity contribution in [2.45, 2.75) is 56.2 Å². The van der Waals surface area contributed by atoms with Gasteiger partial charge < -0.3 is 0 Å². The molecule has 0 nitrogen and oxygen atoms in total. The summed E-state index contributed by atoms with van der Waals surface area (Å²) in [6.45, 7) is 4.56. The van der Waals surface area contributed by atoms with Crippen LogP contribution in [0.1, 0.15) is 53.9 Å². The number of alkyl halides is 8. The molecule has 0 spiro atoms. The van der Waals surface area contributed by atoms with Crippen LogP contribution in [0.3, 0.4) is 0 Å². The van der Waals surface area contributed by atoms with Gasteiger partial charge in [-0.25, -0.2) is 0 Å². The fourth-order valence-corrected chi connectivity index (χ4v) is 6.30. The Morgan fingerprint density at radius 2 is 1.46 bits per heavy atom. The minimum Gasteiger partial charge on any atom is -0.0913 e. The number of halogens is 8. The van der Waals surface area contributed by atoms with E-state index in [0.29, 0.717) is 14.5 Å². The molecule has 0 amide bonds. The second kappa shape index (κ2) is 13.7. The van der Waals surface area contributed by atoms with Crippen molar-refractivity contribution in [3.05, 3.63) is 35.4 Å².